The summed E-state index contributed by atoms with van der Waals surface area (Å²) in [7, 11) is 0. The summed E-state index contributed by atoms with van der Waals surface area (Å²) in [6.07, 6.45) is 4.63. The lowest BCUT2D eigenvalue weighted by Gasteiger charge is -2.38. The van der Waals surface area contributed by atoms with Crippen LogP contribution in [0.25, 0.3) is 0 Å². The summed E-state index contributed by atoms with van der Waals surface area (Å²) in [4.78, 5) is 27.2. The van der Waals surface area contributed by atoms with Gasteiger partial charge in [0, 0.05) is 30.0 Å². The molecule has 1 unspecified atom stereocenters. The molecule has 2 fully saturated rings. The standard InChI is InChI=1S/C19H25NO2/c1-3-20(17-10-5-4-7-13(17)2)19(22)16-11-14-8-6-9-15(12-16)18(14)21/h4-5,7,10,14-16H,3,6,8-9,11-12H2,1-2H3/t14-,15+,16?. The summed E-state index contributed by atoms with van der Waals surface area (Å²) in [5.74, 6) is 0.928. The van der Waals surface area contributed by atoms with Crippen molar-refractivity contribution in [2.24, 2.45) is 17.8 Å². The van der Waals surface area contributed by atoms with Crippen LogP contribution in [0, 0.1) is 24.7 Å². The maximum atomic E-state index is 13.0. The first-order chi connectivity index (χ1) is 10.6. The van der Waals surface area contributed by atoms with E-state index in [2.05, 4.69) is 0 Å². The van der Waals surface area contributed by atoms with Crippen molar-refractivity contribution in [1.29, 1.82) is 0 Å². The fourth-order valence-electron chi connectivity index (χ4n) is 4.21. The van der Waals surface area contributed by atoms with Crippen molar-refractivity contribution in [3.8, 4) is 0 Å². The minimum atomic E-state index is 0.0209. The first-order valence-electron chi connectivity index (χ1n) is 8.52. The van der Waals surface area contributed by atoms with Crippen LogP contribution in [-0.4, -0.2) is 18.2 Å². The van der Waals surface area contributed by atoms with Gasteiger partial charge < -0.3 is 4.90 Å². The zero-order valence-corrected chi connectivity index (χ0v) is 13.5. The molecule has 0 saturated heterocycles. The third kappa shape index (κ3) is 2.69. The molecule has 0 aromatic heterocycles. The zero-order chi connectivity index (χ0) is 15.7. The number of benzene rings is 1. The maximum absolute atomic E-state index is 13.0. The second-order valence-electron chi connectivity index (χ2n) is 6.76. The molecule has 1 aromatic rings. The summed E-state index contributed by atoms with van der Waals surface area (Å²) in [6, 6.07) is 8.05. The average Bonchev–Trinajstić information content (AvgIpc) is 2.49. The van der Waals surface area contributed by atoms with Gasteiger partial charge >= 0.3 is 0 Å². The number of hydrogen-bond donors (Lipinski definition) is 0. The van der Waals surface area contributed by atoms with E-state index in [1.165, 1.54) is 0 Å². The molecular formula is C19H25NO2. The second-order valence-corrected chi connectivity index (χ2v) is 6.76. The van der Waals surface area contributed by atoms with Gasteiger partial charge in [0.1, 0.15) is 5.78 Å². The van der Waals surface area contributed by atoms with E-state index in [0.717, 1.165) is 43.4 Å². The van der Waals surface area contributed by atoms with Gasteiger partial charge in [-0.3, -0.25) is 9.59 Å². The number of amides is 1. The van der Waals surface area contributed by atoms with Crippen LogP contribution in [-0.2, 0) is 9.59 Å². The third-order valence-electron chi connectivity index (χ3n) is 5.39. The van der Waals surface area contributed by atoms with Crippen LogP contribution in [0.3, 0.4) is 0 Å². The highest BCUT2D eigenvalue weighted by molar-refractivity contribution is 5.97. The van der Waals surface area contributed by atoms with Gasteiger partial charge in [-0.05, 0) is 51.2 Å². The van der Waals surface area contributed by atoms with Crippen LogP contribution in [0.1, 0.15) is 44.6 Å². The number of nitrogens with zero attached hydrogens (tertiary/aromatic N) is 1. The minimum absolute atomic E-state index is 0.0209. The van der Waals surface area contributed by atoms with Crippen molar-refractivity contribution in [3.05, 3.63) is 29.8 Å². The lowest BCUT2D eigenvalue weighted by molar-refractivity contribution is -0.136. The van der Waals surface area contributed by atoms with E-state index in [1.807, 2.05) is 43.0 Å². The number of rotatable bonds is 3. The largest absolute Gasteiger partial charge is 0.312 e. The number of Topliss-reactive ketones (excluding diaryl/α,β-unsaturated/α-hetero) is 1. The smallest absolute Gasteiger partial charge is 0.230 e. The van der Waals surface area contributed by atoms with Gasteiger partial charge in [-0.1, -0.05) is 24.6 Å². The Morgan fingerprint density at radius 1 is 1.18 bits per heavy atom. The molecule has 3 nitrogen and oxygen atoms in total. The van der Waals surface area contributed by atoms with Gasteiger partial charge in [-0.2, -0.15) is 0 Å². The van der Waals surface area contributed by atoms with Crippen LogP contribution < -0.4 is 4.90 Å². The zero-order valence-electron chi connectivity index (χ0n) is 13.5. The Morgan fingerprint density at radius 2 is 1.82 bits per heavy atom. The lowest BCUT2D eigenvalue weighted by atomic mass is 9.67. The highest BCUT2D eigenvalue weighted by Gasteiger charge is 2.42. The first kappa shape index (κ1) is 15.3. The van der Waals surface area contributed by atoms with Crippen molar-refractivity contribution in [2.45, 2.75) is 46.0 Å². The molecule has 2 aliphatic carbocycles. The maximum Gasteiger partial charge on any atom is 0.230 e. The lowest BCUT2D eigenvalue weighted by Crippen LogP contribution is -2.44. The second kappa shape index (κ2) is 6.23. The normalized spacial score (nSPS) is 27.5. The molecule has 2 saturated carbocycles. The molecule has 1 aromatic carbocycles. The van der Waals surface area contributed by atoms with E-state index in [9.17, 15) is 9.59 Å². The number of para-hydroxylation sites is 1. The molecule has 0 N–H and O–H groups in total. The van der Waals surface area contributed by atoms with E-state index < -0.39 is 0 Å². The molecule has 0 aliphatic heterocycles. The number of anilines is 1. The molecule has 0 radical (unpaired) electrons. The minimum Gasteiger partial charge on any atom is -0.312 e. The Balaban J connectivity index is 1.80. The number of hydrogen-bond acceptors (Lipinski definition) is 2. The Bertz CT molecular complexity index is 565. The van der Waals surface area contributed by atoms with Crippen LogP contribution >= 0.6 is 0 Å². The van der Waals surface area contributed by atoms with Gasteiger partial charge in [-0.15, -0.1) is 0 Å². The predicted octanol–water partition coefficient (Wildman–Crippen LogP) is 3.74. The predicted molar refractivity (Wildman–Crippen MR) is 87.8 cm³/mol. The molecule has 3 rings (SSSR count). The summed E-state index contributed by atoms with van der Waals surface area (Å²) in [5, 5.41) is 0. The highest BCUT2D eigenvalue weighted by Crippen LogP contribution is 2.41. The van der Waals surface area contributed by atoms with Crippen molar-refractivity contribution >= 4 is 17.4 Å². The highest BCUT2D eigenvalue weighted by atomic mass is 16.2. The topological polar surface area (TPSA) is 37.4 Å². The van der Waals surface area contributed by atoms with Gasteiger partial charge in [0.15, 0.2) is 0 Å². The first-order valence-corrected chi connectivity index (χ1v) is 8.52. The number of ketones is 1. The molecule has 0 spiro atoms. The monoisotopic (exact) mass is 299 g/mol. The SMILES string of the molecule is CCN(C(=O)C1C[C@H]2CCC[C@@H](C1)C2=O)c1ccccc1C. The molecule has 3 heteroatoms. The van der Waals surface area contributed by atoms with E-state index in [0.29, 0.717) is 12.3 Å². The van der Waals surface area contributed by atoms with Crippen molar-refractivity contribution in [2.75, 3.05) is 11.4 Å². The molecule has 2 aliphatic rings. The van der Waals surface area contributed by atoms with Crippen LogP contribution in [0.5, 0.6) is 0 Å². The molecule has 22 heavy (non-hydrogen) atoms. The molecule has 1 amide bonds. The molecule has 0 heterocycles. The van der Waals surface area contributed by atoms with Crippen LogP contribution in [0.2, 0.25) is 0 Å². The molecule has 118 valence electrons. The summed E-state index contributed by atoms with van der Waals surface area (Å²) < 4.78 is 0. The Kier molecular flexibility index (Phi) is 4.32. The fraction of sp³-hybridized carbons (Fsp3) is 0.579. The fourth-order valence-corrected chi connectivity index (χ4v) is 4.21. The summed E-state index contributed by atoms with van der Waals surface area (Å²) >= 11 is 0. The van der Waals surface area contributed by atoms with Gasteiger partial charge in [-0.25, -0.2) is 0 Å². The number of aryl methyl sites for hydroxylation is 1. The Labute approximate surface area is 132 Å². The van der Waals surface area contributed by atoms with Crippen molar-refractivity contribution in [3.63, 3.8) is 0 Å². The Morgan fingerprint density at radius 3 is 2.41 bits per heavy atom. The van der Waals surface area contributed by atoms with Crippen LogP contribution in [0.15, 0.2) is 24.3 Å². The van der Waals surface area contributed by atoms with Crippen LogP contribution in [0.4, 0.5) is 5.69 Å². The molecular weight excluding hydrogens is 274 g/mol. The van der Waals surface area contributed by atoms with E-state index in [-0.39, 0.29) is 23.7 Å². The van der Waals surface area contributed by atoms with E-state index in [4.69, 9.17) is 0 Å². The number of fused-ring (bicyclic) bond motifs is 2. The van der Waals surface area contributed by atoms with Crippen molar-refractivity contribution < 1.29 is 9.59 Å². The average molecular weight is 299 g/mol. The summed E-state index contributed by atoms with van der Waals surface area (Å²) in [6.45, 7) is 4.76. The Hall–Kier alpha value is -1.64. The number of carbonyl (C=O) groups excluding carboxylic acids is 2. The van der Waals surface area contributed by atoms with Gasteiger partial charge in [0.25, 0.3) is 0 Å². The quantitative estimate of drug-likeness (QED) is 0.852. The third-order valence-corrected chi connectivity index (χ3v) is 5.39. The molecule has 2 bridgehead atoms. The molecule has 3 atom stereocenters. The van der Waals surface area contributed by atoms with Gasteiger partial charge in [0.05, 0.1) is 0 Å². The van der Waals surface area contributed by atoms with Gasteiger partial charge in [0.2, 0.25) is 5.91 Å². The van der Waals surface area contributed by atoms with Crippen molar-refractivity contribution in [1.82, 2.24) is 0 Å². The number of carbonyl (C=O) groups is 2. The van der Waals surface area contributed by atoms with E-state index in [1.54, 1.807) is 0 Å². The van der Waals surface area contributed by atoms with E-state index >= 15 is 0 Å². The summed E-state index contributed by atoms with van der Waals surface area (Å²) in [5.41, 5.74) is 2.14.